The summed E-state index contributed by atoms with van der Waals surface area (Å²) in [6.45, 7) is 2.22. The smallest absolute Gasteiger partial charge is 0.416 e. The van der Waals surface area contributed by atoms with E-state index >= 15 is 0 Å². The van der Waals surface area contributed by atoms with Crippen molar-refractivity contribution in [2.75, 3.05) is 6.61 Å². The van der Waals surface area contributed by atoms with Crippen molar-refractivity contribution in [2.45, 2.75) is 44.3 Å². The lowest BCUT2D eigenvalue weighted by Crippen LogP contribution is -2.37. The van der Waals surface area contributed by atoms with E-state index in [2.05, 4.69) is 0 Å². The summed E-state index contributed by atoms with van der Waals surface area (Å²) in [5.74, 6) is 0.0838. The molecule has 6 heteroatoms. The van der Waals surface area contributed by atoms with E-state index in [0.29, 0.717) is 6.61 Å². The highest BCUT2D eigenvalue weighted by molar-refractivity contribution is 5.82. The number of alkyl halides is 3. The zero-order chi connectivity index (χ0) is 21.4. The van der Waals surface area contributed by atoms with Crippen LogP contribution < -0.4 is 4.74 Å². The quantitative estimate of drug-likeness (QED) is 0.582. The van der Waals surface area contributed by atoms with Crippen LogP contribution in [-0.4, -0.2) is 17.8 Å². The van der Waals surface area contributed by atoms with Crippen molar-refractivity contribution >= 4 is 10.8 Å². The van der Waals surface area contributed by atoms with Crippen LogP contribution in [0.25, 0.3) is 10.8 Å². The Kier molecular flexibility index (Phi) is 5.47. The molecule has 4 rings (SSSR count). The predicted molar refractivity (Wildman–Crippen MR) is 108 cm³/mol. The SMILES string of the molecule is CC1CC(O)(c2cc(OCc3ccc4ccccc4c3)cc(C(F)(F)F)c2)CCO1. The zero-order valence-electron chi connectivity index (χ0n) is 16.6. The third kappa shape index (κ3) is 4.45. The molecular formula is C24H23F3O3. The third-order valence-corrected chi connectivity index (χ3v) is 5.53. The second-order valence-electron chi connectivity index (χ2n) is 7.88. The second-order valence-corrected chi connectivity index (χ2v) is 7.88. The van der Waals surface area contributed by atoms with Gasteiger partial charge in [0.1, 0.15) is 12.4 Å². The lowest BCUT2D eigenvalue weighted by molar-refractivity contribution is -0.138. The summed E-state index contributed by atoms with van der Waals surface area (Å²) in [5, 5.41) is 13.1. The maximum absolute atomic E-state index is 13.5. The first-order valence-electron chi connectivity index (χ1n) is 9.90. The van der Waals surface area contributed by atoms with Crippen LogP contribution in [0, 0.1) is 0 Å². The molecule has 0 spiro atoms. The van der Waals surface area contributed by atoms with Gasteiger partial charge in [0.2, 0.25) is 0 Å². The average molecular weight is 416 g/mol. The molecule has 1 N–H and O–H groups in total. The van der Waals surface area contributed by atoms with Crippen molar-refractivity contribution in [1.82, 2.24) is 0 Å². The lowest BCUT2D eigenvalue weighted by atomic mass is 9.83. The lowest BCUT2D eigenvalue weighted by Gasteiger charge is -2.36. The molecule has 3 nitrogen and oxygen atoms in total. The van der Waals surface area contributed by atoms with Crippen LogP contribution in [0.4, 0.5) is 13.2 Å². The molecule has 1 aliphatic rings. The fourth-order valence-electron chi connectivity index (χ4n) is 3.94. The van der Waals surface area contributed by atoms with Gasteiger partial charge in [-0.15, -0.1) is 0 Å². The van der Waals surface area contributed by atoms with E-state index in [0.717, 1.165) is 28.5 Å². The summed E-state index contributed by atoms with van der Waals surface area (Å²) in [5.41, 5.74) is -1.15. The largest absolute Gasteiger partial charge is 0.489 e. The Balaban J connectivity index is 1.63. The van der Waals surface area contributed by atoms with Crippen molar-refractivity contribution in [2.24, 2.45) is 0 Å². The average Bonchev–Trinajstić information content (AvgIpc) is 2.71. The first-order valence-corrected chi connectivity index (χ1v) is 9.90. The molecule has 1 heterocycles. The first kappa shape index (κ1) is 20.7. The Hall–Kier alpha value is -2.57. The van der Waals surface area contributed by atoms with Crippen molar-refractivity contribution in [3.8, 4) is 5.75 Å². The molecule has 1 fully saturated rings. The number of fused-ring (bicyclic) bond motifs is 1. The number of benzene rings is 3. The van der Waals surface area contributed by atoms with Gasteiger partial charge in [0, 0.05) is 12.8 Å². The van der Waals surface area contributed by atoms with E-state index in [-0.39, 0.29) is 36.9 Å². The van der Waals surface area contributed by atoms with Gasteiger partial charge in [-0.1, -0.05) is 36.4 Å². The Labute approximate surface area is 173 Å². The molecule has 1 aliphatic heterocycles. The van der Waals surface area contributed by atoms with Crippen LogP contribution in [0.1, 0.15) is 36.5 Å². The van der Waals surface area contributed by atoms with Crippen molar-refractivity contribution in [3.05, 3.63) is 77.4 Å². The number of rotatable bonds is 4. The number of aliphatic hydroxyl groups is 1. The number of ether oxygens (including phenoxy) is 2. The Morgan fingerprint density at radius 2 is 1.83 bits per heavy atom. The van der Waals surface area contributed by atoms with Crippen LogP contribution in [-0.2, 0) is 23.1 Å². The minimum absolute atomic E-state index is 0.0838. The highest BCUT2D eigenvalue weighted by atomic mass is 19.4. The molecular weight excluding hydrogens is 393 g/mol. The normalized spacial score (nSPS) is 22.2. The Morgan fingerprint density at radius 3 is 2.57 bits per heavy atom. The molecule has 30 heavy (non-hydrogen) atoms. The van der Waals surface area contributed by atoms with Crippen molar-refractivity contribution in [1.29, 1.82) is 0 Å². The summed E-state index contributed by atoms with van der Waals surface area (Å²) in [6.07, 6.45) is -4.30. The molecule has 0 aliphatic carbocycles. The molecule has 1 saturated heterocycles. The van der Waals surface area contributed by atoms with Crippen molar-refractivity contribution < 1.29 is 27.8 Å². The van der Waals surface area contributed by atoms with Crippen molar-refractivity contribution in [3.63, 3.8) is 0 Å². The third-order valence-electron chi connectivity index (χ3n) is 5.53. The zero-order valence-corrected chi connectivity index (χ0v) is 16.6. The summed E-state index contributed by atoms with van der Waals surface area (Å²) >= 11 is 0. The fourth-order valence-corrected chi connectivity index (χ4v) is 3.94. The van der Waals surface area contributed by atoms with E-state index in [1.54, 1.807) is 6.92 Å². The van der Waals surface area contributed by atoms with Gasteiger partial charge in [0.25, 0.3) is 0 Å². The molecule has 0 radical (unpaired) electrons. The maximum atomic E-state index is 13.5. The Morgan fingerprint density at radius 1 is 1.07 bits per heavy atom. The first-order chi connectivity index (χ1) is 14.2. The molecule has 0 amide bonds. The molecule has 0 aromatic heterocycles. The van der Waals surface area contributed by atoms with Gasteiger partial charge in [-0.3, -0.25) is 0 Å². The van der Waals surface area contributed by atoms with Crippen LogP contribution in [0.15, 0.2) is 60.7 Å². The maximum Gasteiger partial charge on any atom is 0.416 e. The molecule has 3 aromatic carbocycles. The topological polar surface area (TPSA) is 38.7 Å². The Bertz CT molecular complexity index is 1050. The minimum Gasteiger partial charge on any atom is -0.489 e. The minimum atomic E-state index is -4.54. The molecule has 0 bridgehead atoms. The van der Waals surface area contributed by atoms with E-state index in [1.165, 1.54) is 6.07 Å². The van der Waals surface area contributed by atoms with Gasteiger partial charge in [-0.2, -0.15) is 13.2 Å². The fraction of sp³-hybridized carbons (Fsp3) is 0.333. The van der Waals surface area contributed by atoms with Crippen LogP contribution >= 0.6 is 0 Å². The van der Waals surface area contributed by atoms with Gasteiger partial charge < -0.3 is 14.6 Å². The highest BCUT2D eigenvalue weighted by Crippen LogP contribution is 2.40. The standard InChI is InChI=1S/C24H23F3O3/c1-16-14-23(28,8-9-29-16)20-11-21(24(25,26)27)13-22(12-20)30-15-17-6-7-18-4-2-3-5-19(18)10-17/h2-7,10-13,16,28H,8-9,14-15H2,1H3. The van der Waals surface area contributed by atoms with E-state index in [9.17, 15) is 18.3 Å². The molecule has 0 saturated carbocycles. The van der Waals surface area contributed by atoms with Crippen LogP contribution in [0.5, 0.6) is 5.75 Å². The summed E-state index contributed by atoms with van der Waals surface area (Å²) < 4.78 is 51.7. The summed E-state index contributed by atoms with van der Waals surface area (Å²) in [6, 6.07) is 17.2. The van der Waals surface area contributed by atoms with Crippen LogP contribution in [0.2, 0.25) is 0 Å². The second kappa shape index (κ2) is 7.93. The van der Waals surface area contributed by atoms with E-state index in [4.69, 9.17) is 9.47 Å². The predicted octanol–water partition coefficient (Wildman–Crippen LogP) is 5.82. The van der Waals surface area contributed by atoms with E-state index in [1.807, 2.05) is 42.5 Å². The molecule has 2 unspecified atom stereocenters. The van der Waals surface area contributed by atoms with Gasteiger partial charge in [-0.05, 0) is 53.1 Å². The monoisotopic (exact) mass is 416 g/mol. The molecule has 3 aromatic rings. The van der Waals surface area contributed by atoms with Gasteiger partial charge in [0.15, 0.2) is 0 Å². The summed E-state index contributed by atoms with van der Waals surface area (Å²) in [7, 11) is 0. The number of hydrogen-bond donors (Lipinski definition) is 1. The number of hydrogen-bond acceptors (Lipinski definition) is 3. The van der Waals surface area contributed by atoms with Crippen LogP contribution in [0.3, 0.4) is 0 Å². The molecule has 158 valence electrons. The van der Waals surface area contributed by atoms with E-state index < -0.39 is 17.3 Å². The van der Waals surface area contributed by atoms with Gasteiger partial charge in [0.05, 0.1) is 23.9 Å². The van der Waals surface area contributed by atoms with Gasteiger partial charge >= 0.3 is 6.18 Å². The molecule has 2 atom stereocenters. The summed E-state index contributed by atoms with van der Waals surface area (Å²) in [4.78, 5) is 0. The van der Waals surface area contributed by atoms with Gasteiger partial charge in [-0.25, -0.2) is 0 Å². The number of halogens is 3. The highest BCUT2D eigenvalue weighted by Gasteiger charge is 2.38.